The highest BCUT2D eigenvalue weighted by Crippen LogP contribution is 2.21. The van der Waals surface area contributed by atoms with Crippen molar-refractivity contribution in [1.82, 2.24) is 10.7 Å². The second kappa shape index (κ2) is 13.5. The predicted molar refractivity (Wildman–Crippen MR) is 151 cm³/mol. The Morgan fingerprint density at radius 1 is 0.821 bits per heavy atom. The summed E-state index contributed by atoms with van der Waals surface area (Å²) in [5.74, 6) is -2.41. The number of carbonyl (C=O) groups is 4. The molecular weight excluding hydrogens is 564 g/mol. The van der Waals surface area contributed by atoms with Crippen LogP contribution in [0.25, 0.3) is 0 Å². The van der Waals surface area contributed by atoms with Crippen LogP contribution in [0.15, 0.2) is 82.4 Å². The first-order valence-corrected chi connectivity index (χ1v) is 13.3. The molecule has 1 aliphatic rings. The van der Waals surface area contributed by atoms with Crippen molar-refractivity contribution in [3.05, 3.63) is 94.0 Å². The number of hydrogen-bond acceptors (Lipinski definition) is 6. The average molecular weight is 591 g/mol. The first-order valence-electron chi connectivity index (χ1n) is 12.5. The molecule has 9 nitrogen and oxygen atoms in total. The number of rotatable bonds is 7. The quantitative estimate of drug-likeness (QED) is 0.120. The third-order valence-corrected chi connectivity index (χ3v) is 6.82. The lowest BCUT2D eigenvalue weighted by Crippen LogP contribution is -2.37. The van der Waals surface area contributed by atoms with Crippen molar-refractivity contribution in [2.24, 2.45) is 5.10 Å². The van der Waals surface area contributed by atoms with Gasteiger partial charge in [0.1, 0.15) is 5.75 Å². The van der Waals surface area contributed by atoms with Crippen molar-refractivity contribution >= 4 is 51.5 Å². The molecule has 0 saturated heterocycles. The molecule has 4 rings (SSSR count). The Kier molecular flexibility index (Phi) is 9.58. The Morgan fingerprint density at radius 2 is 1.49 bits per heavy atom. The zero-order valence-electron chi connectivity index (χ0n) is 21.0. The van der Waals surface area contributed by atoms with Crippen LogP contribution in [0.5, 0.6) is 5.75 Å². The topological polar surface area (TPSA) is 126 Å². The van der Waals surface area contributed by atoms with Crippen molar-refractivity contribution in [3.8, 4) is 5.75 Å². The molecule has 1 fully saturated rings. The molecule has 1 aliphatic carbocycles. The Labute approximate surface area is 234 Å². The summed E-state index contributed by atoms with van der Waals surface area (Å²) in [4.78, 5) is 49.8. The van der Waals surface area contributed by atoms with E-state index in [1.54, 1.807) is 72.8 Å². The molecule has 3 N–H and O–H groups in total. The fourth-order valence-electron chi connectivity index (χ4n) is 4.11. The van der Waals surface area contributed by atoms with Gasteiger partial charge in [-0.15, -0.1) is 0 Å². The molecule has 0 bridgehead atoms. The van der Waals surface area contributed by atoms with E-state index in [1.165, 1.54) is 12.6 Å². The van der Waals surface area contributed by atoms with Crippen LogP contribution in [-0.2, 0) is 9.59 Å². The molecule has 0 aromatic heterocycles. The summed E-state index contributed by atoms with van der Waals surface area (Å²) in [6, 6.07) is 20.0. The van der Waals surface area contributed by atoms with Gasteiger partial charge in [-0.25, -0.2) is 10.2 Å². The van der Waals surface area contributed by atoms with Crippen LogP contribution in [0.4, 0.5) is 5.69 Å². The smallest absolute Gasteiger partial charge is 0.344 e. The molecule has 0 spiro atoms. The van der Waals surface area contributed by atoms with Crippen molar-refractivity contribution in [1.29, 1.82) is 0 Å². The Balaban J connectivity index is 1.29. The molecule has 0 heterocycles. The van der Waals surface area contributed by atoms with Gasteiger partial charge in [0, 0.05) is 10.5 Å². The van der Waals surface area contributed by atoms with Gasteiger partial charge in [0.05, 0.1) is 23.0 Å². The van der Waals surface area contributed by atoms with E-state index in [9.17, 15) is 19.2 Å². The van der Waals surface area contributed by atoms with Gasteiger partial charge < -0.3 is 15.4 Å². The number of halogens is 1. The Bertz CT molecular complexity index is 1380. The van der Waals surface area contributed by atoms with Gasteiger partial charge >= 0.3 is 17.8 Å². The van der Waals surface area contributed by atoms with E-state index in [0.29, 0.717) is 21.3 Å². The molecule has 0 atom stereocenters. The molecule has 200 valence electrons. The van der Waals surface area contributed by atoms with Crippen molar-refractivity contribution in [3.63, 3.8) is 0 Å². The van der Waals surface area contributed by atoms with E-state index in [0.717, 1.165) is 25.7 Å². The SMILES string of the molecule is O=C(N/N=C\c1ccc(OC(=O)c2ccccc2Br)cc1)C(=O)Nc1ccccc1C(=O)NC1CCCCC1. The normalized spacial score (nSPS) is 13.5. The second-order valence-electron chi connectivity index (χ2n) is 8.95. The molecule has 10 heteroatoms. The van der Waals surface area contributed by atoms with Crippen molar-refractivity contribution in [2.75, 3.05) is 5.32 Å². The van der Waals surface area contributed by atoms with E-state index in [4.69, 9.17) is 4.74 Å². The summed E-state index contributed by atoms with van der Waals surface area (Å²) in [6.45, 7) is 0. The number of esters is 1. The fourth-order valence-corrected chi connectivity index (χ4v) is 4.55. The number of nitrogens with one attached hydrogen (secondary N) is 3. The minimum atomic E-state index is -0.993. The summed E-state index contributed by atoms with van der Waals surface area (Å²) in [5, 5.41) is 9.30. The van der Waals surface area contributed by atoms with E-state index < -0.39 is 17.8 Å². The van der Waals surface area contributed by atoms with Crippen molar-refractivity contribution < 1.29 is 23.9 Å². The lowest BCUT2D eigenvalue weighted by molar-refractivity contribution is -0.136. The highest BCUT2D eigenvalue weighted by Gasteiger charge is 2.21. The van der Waals surface area contributed by atoms with Gasteiger partial charge in [-0.2, -0.15) is 5.10 Å². The standard InChI is InChI=1S/C29H27BrN4O5/c30-24-12-6-4-10-22(24)29(38)39-21-16-14-19(15-17-21)18-31-34-28(37)27(36)33-25-13-7-5-11-23(25)26(35)32-20-8-2-1-3-9-20/h4-7,10-18,20H,1-3,8-9H2,(H,32,35)(H,33,36)(H,34,37)/b31-18-. The van der Waals surface area contributed by atoms with Crippen LogP contribution in [0, 0.1) is 0 Å². The number of nitrogens with zero attached hydrogens (tertiary/aromatic N) is 1. The number of carbonyl (C=O) groups excluding carboxylic acids is 4. The largest absolute Gasteiger partial charge is 0.423 e. The highest BCUT2D eigenvalue weighted by atomic mass is 79.9. The molecule has 0 radical (unpaired) electrons. The van der Waals surface area contributed by atoms with Crippen molar-refractivity contribution in [2.45, 2.75) is 38.1 Å². The van der Waals surface area contributed by atoms with Crippen LogP contribution in [0.2, 0.25) is 0 Å². The number of benzene rings is 3. The summed E-state index contributed by atoms with van der Waals surface area (Å²) >= 11 is 3.32. The molecule has 3 amide bonds. The van der Waals surface area contributed by atoms with Gasteiger partial charge in [-0.3, -0.25) is 14.4 Å². The maximum absolute atomic E-state index is 12.8. The van der Waals surface area contributed by atoms with Crippen LogP contribution in [-0.4, -0.2) is 35.9 Å². The van der Waals surface area contributed by atoms with E-state index in [1.807, 2.05) is 0 Å². The number of anilines is 1. The van der Waals surface area contributed by atoms with Gasteiger partial charge in [0.15, 0.2) is 0 Å². The Morgan fingerprint density at radius 3 is 2.21 bits per heavy atom. The molecule has 0 aliphatic heterocycles. The molecule has 3 aromatic rings. The first-order chi connectivity index (χ1) is 18.9. The van der Waals surface area contributed by atoms with Gasteiger partial charge in [0.25, 0.3) is 5.91 Å². The molecule has 39 heavy (non-hydrogen) atoms. The molecule has 3 aromatic carbocycles. The maximum atomic E-state index is 12.8. The minimum Gasteiger partial charge on any atom is -0.423 e. The van der Waals surface area contributed by atoms with E-state index in [-0.39, 0.29) is 23.2 Å². The molecule has 0 unspecified atom stereocenters. The van der Waals surface area contributed by atoms with Gasteiger partial charge in [0.2, 0.25) is 0 Å². The maximum Gasteiger partial charge on any atom is 0.344 e. The Hall–Kier alpha value is -4.31. The molecule has 1 saturated carbocycles. The number of hydrazone groups is 1. The summed E-state index contributed by atoms with van der Waals surface area (Å²) in [6.07, 6.45) is 6.53. The fraction of sp³-hybridized carbons (Fsp3) is 0.207. The third kappa shape index (κ3) is 7.84. The average Bonchev–Trinajstić information content (AvgIpc) is 2.95. The predicted octanol–water partition coefficient (Wildman–Crippen LogP) is 4.82. The first kappa shape index (κ1) is 27.7. The number of ether oxygens (including phenoxy) is 1. The molecular formula is C29H27BrN4O5. The summed E-state index contributed by atoms with van der Waals surface area (Å²) < 4.78 is 6.00. The van der Waals surface area contributed by atoms with Crippen LogP contribution in [0.3, 0.4) is 0 Å². The number of para-hydroxylation sites is 1. The van der Waals surface area contributed by atoms with Gasteiger partial charge in [-0.05, 0) is 82.9 Å². The van der Waals surface area contributed by atoms with E-state index in [2.05, 4.69) is 37.1 Å². The number of amides is 3. The summed E-state index contributed by atoms with van der Waals surface area (Å²) in [5.41, 5.74) is 3.69. The summed E-state index contributed by atoms with van der Waals surface area (Å²) in [7, 11) is 0. The van der Waals surface area contributed by atoms with Crippen LogP contribution in [0.1, 0.15) is 58.4 Å². The second-order valence-corrected chi connectivity index (χ2v) is 9.80. The van der Waals surface area contributed by atoms with Crippen LogP contribution >= 0.6 is 15.9 Å². The van der Waals surface area contributed by atoms with Crippen LogP contribution < -0.4 is 20.8 Å². The monoisotopic (exact) mass is 590 g/mol. The zero-order chi connectivity index (χ0) is 27.6. The van der Waals surface area contributed by atoms with E-state index >= 15 is 0 Å². The highest BCUT2D eigenvalue weighted by molar-refractivity contribution is 9.10. The zero-order valence-corrected chi connectivity index (χ0v) is 22.6. The minimum absolute atomic E-state index is 0.111. The third-order valence-electron chi connectivity index (χ3n) is 6.13. The lowest BCUT2D eigenvalue weighted by Gasteiger charge is -2.23. The van der Waals surface area contributed by atoms with Gasteiger partial charge in [-0.1, -0.05) is 43.5 Å². The number of hydrogen-bond donors (Lipinski definition) is 3. The lowest BCUT2D eigenvalue weighted by atomic mass is 9.95.